The average Bonchev–Trinajstić information content (AvgIpc) is 3.40. The van der Waals surface area contributed by atoms with Gasteiger partial charge in [-0.05, 0) is 29.7 Å². The van der Waals surface area contributed by atoms with E-state index < -0.39 is 0 Å². The van der Waals surface area contributed by atoms with Crippen molar-refractivity contribution in [1.82, 2.24) is 20.4 Å². The maximum absolute atomic E-state index is 12.4. The molecule has 0 radical (unpaired) electrons. The number of carbonyl (C=O) groups excluding carboxylic acids is 2. The predicted molar refractivity (Wildman–Crippen MR) is 115 cm³/mol. The van der Waals surface area contributed by atoms with Crippen LogP contribution in [0.2, 0.25) is 0 Å². The minimum absolute atomic E-state index is 0.0757. The van der Waals surface area contributed by atoms with Crippen LogP contribution >= 0.6 is 0 Å². The lowest BCUT2D eigenvalue weighted by Crippen LogP contribution is -2.28. The van der Waals surface area contributed by atoms with Gasteiger partial charge in [0.15, 0.2) is 5.82 Å². The summed E-state index contributed by atoms with van der Waals surface area (Å²) >= 11 is 0. The van der Waals surface area contributed by atoms with Crippen molar-refractivity contribution in [3.63, 3.8) is 0 Å². The minimum atomic E-state index is -0.353. The maximum Gasteiger partial charge on any atom is 0.319 e. The SMILES string of the molecule is CCc1ccc(NC(=O)NCc2nc([C@H]3CC(=O)N(Cc4ccccc4)C3)no2)cc1. The largest absolute Gasteiger partial charge is 0.338 e. The van der Waals surface area contributed by atoms with Gasteiger partial charge in [-0.1, -0.05) is 54.5 Å². The van der Waals surface area contributed by atoms with Crippen LogP contribution in [0.4, 0.5) is 10.5 Å². The third-order valence-electron chi connectivity index (χ3n) is 5.30. The highest BCUT2D eigenvalue weighted by Crippen LogP contribution is 2.27. The number of nitrogens with one attached hydrogen (secondary N) is 2. The number of aryl methyl sites for hydroxylation is 1. The number of aromatic nitrogens is 2. The summed E-state index contributed by atoms with van der Waals surface area (Å²) in [7, 11) is 0. The average molecular weight is 419 g/mol. The van der Waals surface area contributed by atoms with Gasteiger partial charge in [-0.15, -0.1) is 0 Å². The summed E-state index contributed by atoms with van der Waals surface area (Å²) in [4.78, 5) is 30.7. The number of urea groups is 1. The molecular weight excluding hydrogens is 394 g/mol. The van der Waals surface area contributed by atoms with E-state index >= 15 is 0 Å². The molecule has 3 amide bonds. The maximum atomic E-state index is 12.4. The van der Waals surface area contributed by atoms with E-state index in [9.17, 15) is 9.59 Å². The molecule has 1 saturated heterocycles. The molecule has 0 spiro atoms. The van der Waals surface area contributed by atoms with Crippen molar-refractivity contribution in [3.8, 4) is 0 Å². The molecule has 4 rings (SSSR count). The Morgan fingerprint density at radius 2 is 1.90 bits per heavy atom. The molecule has 8 heteroatoms. The molecule has 2 aromatic carbocycles. The van der Waals surface area contributed by atoms with Crippen LogP contribution in [0.15, 0.2) is 59.1 Å². The monoisotopic (exact) mass is 419 g/mol. The molecule has 1 atom stereocenters. The van der Waals surface area contributed by atoms with Crippen molar-refractivity contribution in [3.05, 3.63) is 77.4 Å². The fraction of sp³-hybridized carbons (Fsp3) is 0.304. The zero-order chi connectivity index (χ0) is 21.6. The molecule has 2 N–H and O–H groups in total. The molecule has 0 saturated carbocycles. The summed E-state index contributed by atoms with van der Waals surface area (Å²) in [6.07, 6.45) is 1.30. The zero-order valence-corrected chi connectivity index (χ0v) is 17.4. The van der Waals surface area contributed by atoms with E-state index in [0.29, 0.717) is 36.9 Å². The molecule has 3 aromatic rings. The Morgan fingerprint density at radius 1 is 1.13 bits per heavy atom. The van der Waals surface area contributed by atoms with Gasteiger partial charge in [-0.2, -0.15) is 4.98 Å². The first-order chi connectivity index (χ1) is 15.1. The van der Waals surface area contributed by atoms with E-state index in [0.717, 1.165) is 12.0 Å². The fourth-order valence-electron chi connectivity index (χ4n) is 3.56. The molecule has 0 unspecified atom stereocenters. The third-order valence-corrected chi connectivity index (χ3v) is 5.30. The number of carbonyl (C=O) groups is 2. The summed E-state index contributed by atoms with van der Waals surface area (Å²) in [6.45, 7) is 3.31. The van der Waals surface area contributed by atoms with E-state index in [1.54, 1.807) is 0 Å². The number of anilines is 1. The Bertz CT molecular complexity index is 1030. The second-order valence-electron chi connectivity index (χ2n) is 7.57. The smallest absolute Gasteiger partial charge is 0.319 e. The molecule has 8 nitrogen and oxygen atoms in total. The molecule has 31 heavy (non-hydrogen) atoms. The molecule has 160 valence electrons. The quantitative estimate of drug-likeness (QED) is 0.611. The van der Waals surface area contributed by atoms with Crippen molar-refractivity contribution in [2.45, 2.75) is 38.8 Å². The van der Waals surface area contributed by atoms with Crippen molar-refractivity contribution >= 4 is 17.6 Å². The Balaban J connectivity index is 1.28. The van der Waals surface area contributed by atoms with Gasteiger partial charge in [0.05, 0.1) is 6.54 Å². The topological polar surface area (TPSA) is 100 Å². The number of benzene rings is 2. The highest BCUT2D eigenvalue weighted by Gasteiger charge is 2.33. The number of nitrogens with zero attached hydrogens (tertiary/aromatic N) is 3. The standard InChI is InChI=1S/C23H25N5O3/c1-2-16-8-10-19(11-9-16)25-23(30)24-13-20-26-22(27-31-20)18-12-21(29)28(15-18)14-17-6-4-3-5-7-17/h3-11,18H,2,12-15H2,1H3,(H2,24,25,30)/t18-/m0/s1. The lowest BCUT2D eigenvalue weighted by molar-refractivity contribution is -0.128. The van der Waals surface area contributed by atoms with E-state index in [-0.39, 0.29) is 24.4 Å². The summed E-state index contributed by atoms with van der Waals surface area (Å²) in [5.41, 5.74) is 3.01. The molecule has 1 aliphatic heterocycles. The van der Waals surface area contributed by atoms with Gasteiger partial charge < -0.3 is 20.1 Å². The van der Waals surface area contributed by atoms with Crippen LogP contribution in [-0.4, -0.2) is 33.5 Å². The van der Waals surface area contributed by atoms with E-state index in [1.807, 2.05) is 59.5 Å². The van der Waals surface area contributed by atoms with Crippen molar-refractivity contribution < 1.29 is 14.1 Å². The van der Waals surface area contributed by atoms with E-state index in [2.05, 4.69) is 27.7 Å². The number of hydrogen-bond acceptors (Lipinski definition) is 5. The van der Waals surface area contributed by atoms with E-state index in [4.69, 9.17) is 4.52 Å². The number of hydrogen-bond donors (Lipinski definition) is 2. The molecule has 2 heterocycles. The van der Waals surface area contributed by atoms with Crippen LogP contribution in [0.5, 0.6) is 0 Å². The van der Waals surface area contributed by atoms with Crippen LogP contribution in [-0.2, 0) is 24.3 Å². The lowest BCUT2D eigenvalue weighted by atomic mass is 10.1. The molecule has 1 fully saturated rings. The van der Waals surface area contributed by atoms with Crippen LogP contribution in [0.1, 0.15) is 42.1 Å². The highest BCUT2D eigenvalue weighted by atomic mass is 16.5. The molecule has 0 bridgehead atoms. The third kappa shape index (κ3) is 5.28. The fourth-order valence-corrected chi connectivity index (χ4v) is 3.56. The van der Waals surface area contributed by atoms with Gasteiger partial charge in [0.2, 0.25) is 11.8 Å². The summed E-state index contributed by atoms with van der Waals surface area (Å²) in [5, 5.41) is 9.49. The van der Waals surface area contributed by atoms with Crippen molar-refractivity contribution in [1.29, 1.82) is 0 Å². The highest BCUT2D eigenvalue weighted by molar-refractivity contribution is 5.89. The first-order valence-corrected chi connectivity index (χ1v) is 10.4. The van der Waals surface area contributed by atoms with E-state index in [1.165, 1.54) is 5.56 Å². The number of rotatable bonds is 7. The minimum Gasteiger partial charge on any atom is -0.338 e. The second-order valence-corrected chi connectivity index (χ2v) is 7.57. The summed E-state index contributed by atoms with van der Waals surface area (Å²) in [5.74, 6) is 0.767. The van der Waals surface area contributed by atoms with Gasteiger partial charge in [0.1, 0.15) is 0 Å². The van der Waals surface area contributed by atoms with Gasteiger partial charge in [-0.3, -0.25) is 4.79 Å². The number of likely N-dealkylation sites (tertiary alicyclic amines) is 1. The van der Waals surface area contributed by atoms with Crippen LogP contribution in [0.25, 0.3) is 0 Å². The normalized spacial score (nSPS) is 15.8. The predicted octanol–water partition coefficient (Wildman–Crippen LogP) is 3.47. The Hall–Kier alpha value is -3.68. The first kappa shape index (κ1) is 20.6. The van der Waals surface area contributed by atoms with Gasteiger partial charge >= 0.3 is 6.03 Å². The first-order valence-electron chi connectivity index (χ1n) is 10.4. The molecule has 1 aliphatic rings. The lowest BCUT2D eigenvalue weighted by Gasteiger charge is -2.15. The van der Waals surface area contributed by atoms with Crippen LogP contribution < -0.4 is 10.6 Å². The van der Waals surface area contributed by atoms with Crippen LogP contribution in [0.3, 0.4) is 0 Å². The van der Waals surface area contributed by atoms with Crippen molar-refractivity contribution in [2.75, 3.05) is 11.9 Å². The molecule has 1 aromatic heterocycles. The summed E-state index contributed by atoms with van der Waals surface area (Å²) in [6, 6.07) is 17.2. The van der Waals surface area contributed by atoms with Gasteiger partial charge in [-0.25, -0.2) is 4.79 Å². The Kier molecular flexibility index (Phi) is 6.26. The molecular formula is C23H25N5O3. The second kappa shape index (κ2) is 9.42. The zero-order valence-electron chi connectivity index (χ0n) is 17.4. The Morgan fingerprint density at radius 3 is 2.65 bits per heavy atom. The van der Waals surface area contributed by atoms with Gasteiger partial charge in [0, 0.05) is 31.1 Å². The Labute approximate surface area is 180 Å². The summed E-state index contributed by atoms with van der Waals surface area (Å²) < 4.78 is 5.26. The molecule has 0 aliphatic carbocycles. The van der Waals surface area contributed by atoms with Gasteiger partial charge in [0.25, 0.3) is 0 Å². The number of amides is 3. The van der Waals surface area contributed by atoms with Crippen LogP contribution in [0, 0.1) is 0 Å². The van der Waals surface area contributed by atoms with Crippen molar-refractivity contribution in [2.24, 2.45) is 0 Å².